The Morgan fingerprint density at radius 3 is 2.14 bits per heavy atom. The topological polar surface area (TPSA) is 52.7 Å². The van der Waals surface area contributed by atoms with Gasteiger partial charge in [-0.1, -0.05) is 17.7 Å². The molecule has 0 spiro atoms. The van der Waals surface area contributed by atoms with Crippen molar-refractivity contribution in [2.24, 2.45) is 0 Å². The molecule has 0 saturated carbocycles. The van der Waals surface area contributed by atoms with E-state index in [1.807, 2.05) is 25.9 Å². The second kappa shape index (κ2) is 9.04. The average molecular weight is 430 g/mol. The molecule has 0 atom stereocenters. The van der Waals surface area contributed by atoms with Gasteiger partial charge in [-0.2, -0.15) is 13.2 Å². The summed E-state index contributed by atoms with van der Waals surface area (Å²) in [5.74, 6) is 0. The van der Waals surface area contributed by atoms with Crippen LogP contribution in [-0.4, -0.2) is 47.6 Å². The van der Waals surface area contributed by atoms with Crippen LogP contribution in [0.2, 0.25) is 0 Å². The van der Waals surface area contributed by atoms with E-state index < -0.39 is 21.8 Å². The minimum atomic E-state index is -4.58. The second-order valence-corrected chi connectivity index (χ2v) is 8.91. The summed E-state index contributed by atoms with van der Waals surface area (Å²) in [7, 11) is 1.55. The van der Waals surface area contributed by atoms with Crippen molar-refractivity contribution in [1.82, 2.24) is 4.90 Å². The Kier molecular flexibility index (Phi) is 7.18. The third-order valence-electron chi connectivity index (χ3n) is 4.41. The summed E-state index contributed by atoms with van der Waals surface area (Å²) < 4.78 is 67.4. The fourth-order valence-corrected chi connectivity index (χ4v) is 3.86. The van der Waals surface area contributed by atoms with Crippen molar-refractivity contribution >= 4 is 21.4 Å². The van der Waals surface area contributed by atoms with Gasteiger partial charge in [0, 0.05) is 13.6 Å². The number of aryl methyl sites for hydroxylation is 1. The SMILES string of the molecule is Cc1ccc(S(=O)(=O)Nc2cc(C(F)(F)F)ccc2N(C)CCCN(C)C)cc1. The summed E-state index contributed by atoms with van der Waals surface area (Å²) in [6.07, 6.45) is -3.80. The average Bonchev–Trinajstić information content (AvgIpc) is 2.60. The summed E-state index contributed by atoms with van der Waals surface area (Å²) in [6.45, 7) is 3.18. The van der Waals surface area contributed by atoms with Gasteiger partial charge in [-0.3, -0.25) is 4.72 Å². The number of rotatable bonds is 8. The monoisotopic (exact) mass is 429 g/mol. The number of hydrogen-bond acceptors (Lipinski definition) is 4. The molecule has 9 heteroatoms. The molecule has 0 heterocycles. The quantitative estimate of drug-likeness (QED) is 0.683. The maximum absolute atomic E-state index is 13.2. The minimum absolute atomic E-state index is 0.0123. The molecule has 0 aliphatic carbocycles. The summed E-state index contributed by atoms with van der Waals surface area (Å²) in [6, 6.07) is 9.21. The summed E-state index contributed by atoms with van der Waals surface area (Å²) in [4.78, 5) is 3.74. The van der Waals surface area contributed by atoms with Gasteiger partial charge in [0.2, 0.25) is 0 Å². The lowest BCUT2D eigenvalue weighted by molar-refractivity contribution is -0.137. The third kappa shape index (κ3) is 6.37. The van der Waals surface area contributed by atoms with Crippen molar-refractivity contribution in [2.75, 3.05) is 43.9 Å². The molecule has 0 aliphatic heterocycles. The lowest BCUT2D eigenvalue weighted by atomic mass is 10.1. The van der Waals surface area contributed by atoms with Crippen LogP contribution in [0.5, 0.6) is 0 Å². The molecular weight excluding hydrogens is 403 g/mol. The highest BCUT2D eigenvalue weighted by Gasteiger charge is 2.32. The fourth-order valence-electron chi connectivity index (χ4n) is 2.79. The van der Waals surface area contributed by atoms with Crippen LogP contribution in [0.1, 0.15) is 17.5 Å². The van der Waals surface area contributed by atoms with Crippen LogP contribution in [0.25, 0.3) is 0 Å². The van der Waals surface area contributed by atoms with Gasteiger partial charge in [-0.15, -0.1) is 0 Å². The predicted molar refractivity (Wildman–Crippen MR) is 110 cm³/mol. The van der Waals surface area contributed by atoms with E-state index in [0.717, 1.165) is 30.7 Å². The highest BCUT2D eigenvalue weighted by molar-refractivity contribution is 7.92. The highest BCUT2D eigenvalue weighted by atomic mass is 32.2. The molecule has 0 radical (unpaired) electrons. The van der Waals surface area contributed by atoms with Gasteiger partial charge in [-0.25, -0.2) is 8.42 Å². The van der Waals surface area contributed by atoms with Crippen molar-refractivity contribution in [3.63, 3.8) is 0 Å². The molecule has 0 aromatic heterocycles. The van der Waals surface area contributed by atoms with Crippen LogP contribution in [0, 0.1) is 6.92 Å². The molecule has 0 unspecified atom stereocenters. The van der Waals surface area contributed by atoms with Crippen LogP contribution in [0.15, 0.2) is 47.4 Å². The van der Waals surface area contributed by atoms with Gasteiger partial charge in [0.15, 0.2) is 0 Å². The van der Waals surface area contributed by atoms with Crippen LogP contribution in [0.4, 0.5) is 24.5 Å². The molecule has 0 aliphatic rings. The maximum Gasteiger partial charge on any atom is 0.416 e. The van der Waals surface area contributed by atoms with Crippen molar-refractivity contribution in [3.05, 3.63) is 53.6 Å². The summed E-state index contributed by atoms with van der Waals surface area (Å²) in [5, 5.41) is 0. The molecule has 0 fully saturated rings. The standard InChI is InChI=1S/C20H26F3N3O2S/c1-15-6-9-17(10-7-15)29(27,28)24-18-14-16(20(21,22)23)8-11-19(18)26(4)13-5-12-25(2)3/h6-11,14,24H,5,12-13H2,1-4H3. The smallest absolute Gasteiger partial charge is 0.373 e. The first kappa shape index (κ1) is 23.0. The van der Waals surface area contributed by atoms with E-state index in [2.05, 4.69) is 4.72 Å². The van der Waals surface area contributed by atoms with E-state index in [4.69, 9.17) is 0 Å². The van der Waals surface area contributed by atoms with Gasteiger partial charge < -0.3 is 9.80 Å². The Morgan fingerprint density at radius 2 is 1.59 bits per heavy atom. The molecule has 160 valence electrons. The number of hydrogen-bond donors (Lipinski definition) is 1. The van der Waals surface area contributed by atoms with Crippen LogP contribution in [0.3, 0.4) is 0 Å². The Hall–Kier alpha value is -2.26. The molecular formula is C20H26F3N3O2S. The molecule has 2 aromatic rings. The van der Waals surface area contributed by atoms with Crippen molar-refractivity contribution in [3.8, 4) is 0 Å². The van der Waals surface area contributed by atoms with Crippen molar-refractivity contribution < 1.29 is 21.6 Å². The predicted octanol–water partition coefficient (Wildman–Crippen LogP) is 4.20. The van der Waals surface area contributed by atoms with Crippen LogP contribution in [-0.2, 0) is 16.2 Å². The Labute approximate surface area is 170 Å². The zero-order valence-corrected chi connectivity index (χ0v) is 17.7. The molecule has 2 aromatic carbocycles. The fraction of sp³-hybridized carbons (Fsp3) is 0.400. The first-order valence-corrected chi connectivity index (χ1v) is 10.5. The van der Waals surface area contributed by atoms with Crippen LogP contribution >= 0.6 is 0 Å². The number of halogens is 3. The number of nitrogens with one attached hydrogen (secondary N) is 1. The number of sulfonamides is 1. The van der Waals surface area contributed by atoms with Gasteiger partial charge >= 0.3 is 6.18 Å². The summed E-state index contributed by atoms with van der Waals surface area (Å²) >= 11 is 0. The first-order chi connectivity index (χ1) is 13.4. The van der Waals surface area contributed by atoms with E-state index >= 15 is 0 Å². The lowest BCUT2D eigenvalue weighted by Crippen LogP contribution is -2.25. The Bertz CT molecular complexity index is 927. The van der Waals surface area contributed by atoms with Gasteiger partial charge in [0.05, 0.1) is 21.8 Å². The molecule has 2 rings (SSSR count). The lowest BCUT2D eigenvalue weighted by Gasteiger charge is -2.24. The van der Waals surface area contributed by atoms with E-state index in [9.17, 15) is 21.6 Å². The molecule has 0 bridgehead atoms. The number of anilines is 2. The molecule has 5 nitrogen and oxygen atoms in total. The van der Waals surface area contributed by atoms with E-state index in [-0.39, 0.29) is 10.6 Å². The third-order valence-corrected chi connectivity index (χ3v) is 5.79. The van der Waals surface area contributed by atoms with Crippen molar-refractivity contribution in [1.29, 1.82) is 0 Å². The normalized spacial score (nSPS) is 12.3. The van der Waals surface area contributed by atoms with E-state index in [1.165, 1.54) is 18.2 Å². The van der Waals surface area contributed by atoms with E-state index in [1.54, 1.807) is 24.1 Å². The Balaban J connectivity index is 2.39. The highest BCUT2D eigenvalue weighted by Crippen LogP contribution is 2.36. The maximum atomic E-state index is 13.2. The molecule has 1 N–H and O–H groups in total. The molecule has 29 heavy (non-hydrogen) atoms. The Morgan fingerprint density at radius 1 is 0.966 bits per heavy atom. The number of benzene rings is 2. The number of alkyl halides is 3. The minimum Gasteiger partial charge on any atom is -0.373 e. The summed E-state index contributed by atoms with van der Waals surface area (Å²) in [5.41, 5.74) is 0.245. The van der Waals surface area contributed by atoms with Crippen LogP contribution < -0.4 is 9.62 Å². The van der Waals surface area contributed by atoms with Crippen molar-refractivity contribution in [2.45, 2.75) is 24.4 Å². The first-order valence-electron chi connectivity index (χ1n) is 9.07. The molecule has 0 amide bonds. The van der Waals surface area contributed by atoms with E-state index in [0.29, 0.717) is 12.2 Å². The van der Waals surface area contributed by atoms with Gasteiger partial charge in [0.1, 0.15) is 0 Å². The van der Waals surface area contributed by atoms with Gasteiger partial charge in [0.25, 0.3) is 10.0 Å². The zero-order chi connectivity index (χ0) is 21.8. The largest absolute Gasteiger partial charge is 0.416 e. The number of nitrogens with zero attached hydrogens (tertiary/aromatic N) is 2. The molecule has 0 saturated heterocycles. The van der Waals surface area contributed by atoms with Gasteiger partial charge in [-0.05, 0) is 64.3 Å². The zero-order valence-electron chi connectivity index (χ0n) is 16.9. The second-order valence-electron chi connectivity index (χ2n) is 7.23.